The summed E-state index contributed by atoms with van der Waals surface area (Å²) in [5.41, 5.74) is 1.73. The summed E-state index contributed by atoms with van der Waals surface area (Å²) < 4.78 is 31.9. The zero-order chi connectivity index (χ0) is 19.3. The standard InChI is InChI=1S/C17H23F2N5O2/c1-11-14(12(2)24(22-11)17(18)19)10-15(25)21-13-5-6-20-16(9-13)26-8-7-23(3)4/h5-6,9,17H,7-8,10H2,1-4H3,(H,20,21,25). The fourth-order valence-electron chi connectivity index (χ4n) is 2.41. The Hall–Kier alpha value is -2.55. The second-order valence-corrected chi connectivity index (χ2v) is 6.13. The minimum Gasteiger partial charge on any atom is -0.476 e. The van der Waals surface area contributed by atoms with Gasteiger partial charge in [0.2, 0.25) is 11.8 Å². The van der Waals surface area contributed by atoms with Crippen LogP contribution in [0.1, 0.15) is 23.5 Å². The SMILES string of the molecule is Cc1nn(C(F)F)c(C)c1CC(=O)Nc1ccnc(OCCN(C)C)c1. The molecular weight excluding hydrogens is 344 g/mol. The summed E-state index contributed by atoms with van der Waals surface area (Å²) in [6.07, 6.45) is 1.50. The molecule has 2 rings (SSSR count). The van der Waals surface area contributed by atoms with E-state index in [0.717, 1.165) is 6.54 Å². The maximum atomic E-state index is 12.9. The van der Waals surface area contributed by atoms with E-state index in [-0.39, 0.29) is 18.0 Å². The summed E-state index contributed by atoms with van der Waals surface area (Å²) >= 11 is 0. The van der Waals surface area contributed by atoms with Crippen LogP contribution in [0.4, 0.5) is 14.5 Å². The number of aryl methyl sites for hydroxylation is 1. The molecule has 0 radical (unpaired) electrons. The number of nitrogens with one attached hydrogen (secondary N) is 1. The lowest BCUT2D eigenvalue weighted by atomic mass is 10.1. The van der Waals surface area contributed by atoms with E-state index in [9.17, 15) is 13.6 Å². The Morgan fingerprint density at radius 1 is 1.38 bits per heavy atom. The molecular formula is C17H23F2N5O2. The highest BCUT2D eigenvalue weighted by Gasteiger charge is 2.19. The largest absolute Gasteiger partial charge is 0.476 e. The van der Waals surface area contributed by atoms with Gasteiger partial charge in [-0.3, -0.25) is 4.79 Å². The second-order valence-electron chi connectivity index (χ2n) is 6.13. The number of rotatable bonds is 8. The van der Waals surface area contributed by atoms with Gasteiger partial charge in [-0.15, -0.1) is 0 Å². The number of aromatic nitrogens is 3. The molecule has 26 heavy (non-hydrogen) atoms. The quantitative estimate of drug-likeness (QED) is 0.776. The number of carbonyl (C=O) groups is 1. The molecule has 0 spiro atoms. The van der Waals surface area contributed by atoms with Crippen molar-refractivity contribution in [2.24, 2.45) is 0 Å². The van der Waals surface area contributed by atoms with E-state index in [1.165, 1.54) is 13.1 Å². The number of pyridine rings is 1. The van der Waals surface area contributed by atoms with Crippen LogP contribution in [0.25, 0.3) is 0 Å². The van der Waals surface area contributed by atoms with Crippen LogP contribution in [0.5, 0.6) is 5.88 Å². The van der Waals surface area contributed by atoms with Gasteiger partial charge in [0.15, 0.2) is 0 Å². The molecule has 0 aliphatic rings. The first-order valence-electron chi connectivity index (χ1n) is 8.14. The Kier molecular flexibility index (Phi) is 6.62. The zero-order valence-electron chi connectivity index (χ0n) is 15.3. The molecule has 2 aromatic rings. The summed E-state index contributed by atoms with van der Waals surface area (Å²) in [5.74, 6) is 0.0815. The molecule has 0 atom stereocenters. The molecule has 9 heteroatoms. The zero-order valence-corrected chi connectivity index (χ0v) is 15.3. The van der Waals surface area contributed by atoms with Gasteiger partial charge in [0.05, 0.1) is 12.1 Å². The third kappa shape index (κ3) is 5.22. The minimum absolute atomic E-state index is 0.0382. The molecule has 1 N–H and O–H groups in total. The number of anilines is 1. The molecule has 0 aliphatic carbocycles. The number of hydrogen-bond acceptors (Lipinski definition) is 5. The lowest BCUT2D eigenvalue weighted by Gasteiger charge is -2.11. The number of nitrogens with zero attached hydrogens (tertiary/aromatic N) is 4. The number of alkyl halides is 2. The van der Waals surface area contributed by atoms with Crippen LogP contribution in [0, 0.1) is 13.8 Å². The summed E-state index contributed by atoms with van der Waals surface area (Å²) in [6, 6.07) is 3.26. The molecule has 0 aliphatic heterocycles. The van der Waals surface area contributed by atoms with Crippen molar-refractivity contribution in [3.05, 3.63) is 35.3 Å². The van der Waals surface area contributed by atoms with E-state index in [1.807, 2.05) is 19.0 Å². The summed E-state index contributed by atoms with van der Waals surface area (Å²) in [7, 11) is 3.88. The molecule has 2 aromatic heterocycles. The van der Waals surface area contributed by atoms with Crippen molar-refractivity contribution in [3.63, 3.8) is 0 Å². The van der Waals surface area contributed by atoms with Crippen LogP contribution in [-0.4, -0.2) is 52.8 Å². The predicted octanol–water partition coefficient (Wildman–Crippen LogP) is 2.41. The maximum Gasteiger partial charge on any atom is 0.333 e. The summed E-state index contributed by atoms with van der Waals surface area (Å²) in [5, 5.41) is 6.51. The third-order valence-corrected chi connectivity index (χ3v) is 3.80. The second kappa shape index (κ2) is 8.70. The molecule has 0 saturated carbocycles. The van der Waals surface area contributed by atoms with Gasteiger partial charge in [-0.05, 0) is 34.0 Å². The van der Waals surface area contributed by atoms with Crippen LogP contribution in [0.15, 0.2) is 18.3 Å². The van der Waals surface area contributed by atoms with Gasteiger partial charge in [-0.2, -0.15) is 13.9 Å². The Balaban J connectivity index is 2.00. The first-order chi connectivity index (χ1) is 12.3. The lowest BCUT2D eigenvalue weighted by molar-refractivity contribution is -0.115. The van der Waals surface area contributed by atoms with Gasteiger partial charge >= 0.3 is 6.55 Å². The molecule has 0 saturated heterocycles. The van der Waals surface area contributed by atoms with Gasteiger partial charge < -0.3 is 15.0 Å². The van der Waals surface area contributed by atoms with Crippen LogP contribution >= 0.6 is 0 Å². The summed E-state index contributed by atoms with van der Waals surface area (Å²) in [6.45, 7) is 1.62. The summed E-state index contributed by atoms with van der Waals surface area (Å²) in [4.78, 5) is 18.3. The Morgan fingerprint density at radius 2 is 2.12 bits per heavy atom. The smallest absolute Gasteiger partial charge is 0.333 e. The first kappa shape index (κ1) is 19.8. The lowest BCUT2D eigenvalue weighted by Crippen LogP contribution is -2.20. The minimum atomic E-state index is -2.73. The van der Waals surface area contributed by atoms with E-state index in [1.54, 1.807) is 19.1 Å². The van der Waals surface area contributed by atoms with Crippen molar-refractivity contribution in [1.29, 1.82) is 0 Å². The number of halogens is 2. The normalized spacial score (nSPS) is 11.2. The van der Waals surface area contributed by atoms with Gasteiger partial charge in [0.1, 0.15) is 6.61 Å². The van der Waals surface area contributed by atoms with Crippen LogP contribution in [-0.2, 0) is 11.2 Å². The Morgan fingerprint density at radius 3 is 2.73 bits per heavy atom. The number of ether oxygens (including phenoxy) is 1. The van der Waals surface area contributed by atoms with E-state index in [4.69, 9.17) is 4.74 Å². The molecule has 0 unspecified atom stereocenters. The van der Waals surface area contributed by atoms with Gasteiger partial charge in [0, 0.05) is 35.8 Å². The van der Waals surface area contributed by atoms with Crippen LogP contribution in [0.2, 0.25) is 0 Å². The molecule has 1 amide bonds. The number of amides is 1. The number of likely N-dealkylation sites (N-methyl/N-ethyl adjacent to an activating group) is 1. The molecule has 142 valence electrons. The van der Waals surface area contributed by atoms with Crippen LogP contribution in [0.3, 0.4) is 0 Å². The van der Waals surface area contributed by atoms with Crippen molar-refractivity contribution >= 4 is 11.6 Å². The van der Waals surface area contributed by atoms with Crippen molar-refractivity contribution in [3.8, 4) is 5.88 Å². The first-order valence-corrected chi connectivity index (χ1v) is 8.14. The van der Waals surface area contributed by atoms with E-state index in [2.05, 4.69) is 15.4 Å². The number of carbonyl (C=O) groups excluding carboxylic acids is 1. The maximum absolute atomic E-state index is 12.9. The van der Waals surface area contributed by atoms with E-state index < -0.39 is 6.55 Å². The molecule has 7 nitrogen and oxygen atoms in total. The highest BCUT2D eigenvalue weighted by molar-refractivity contribution is 5.92. The monoisotopic (exact) mass is 367 g/mol. The van der Waals surface area contributed by atoms with Crippen molar-refractivity contribution in [2.75, 3.05) is 32.6 Å². The number of hydrogen-bond donors (Lipinski definition) is 1. The van der Waals surface area contributed by atoms with Gasteiger partial charge in [-0.25, -0.2) is 9.67 Å². The van der Waals surface area contributed by atoms with E-state index in [0.29, 0.717) is 34.1 Å². The van der Waals surface area contributed by atoms with Gasteiger partial charge in [0.25, 0.3) is 0 Å². The topological polar surface area (TPSA) is 72.3 Å². The average Bonchev–Trinajstić information content (AvgIpc) is 2.83. The Labute approximate surface area is 151 Å². The predicted molar refractivity (Wildman–Crippen MR) is 93.6 cm³/mol. The highest BCUT2D eigenvalue weighted by atomic mass is 19.3. The highest BCUT2D eigenvalue weighted by Crippen LogP contribution is 2.20. The van der Waals surface area contributed by atoms with Gasteiger partial charge in [-0.1, -0.05) is 0 Å². The molecule has 0 fully saturated rings. The van der Waals surface area contributed by atoms with E-state index >= 15 is 0 Å². The Bertz CT molecular complexity index is 762. The van der Waals surface area contributed by atoms with Crippen molar-refractivity contribution in [2.45, 2.75) is 26.8 Å². The third-order valence-electron chi connectivity index (χ3n) is 3.80. The molecule has 2 heterocycles. The van der Waals surface area contributed by atoms with Crippen molar-refractivity contribution in [1.82, 2.24) is 19.7 Å². The van der Waals surface area contributed by atoms with Crippen LogP contribution < -0.4 is 10.1 Å². The average molecular weight is 367 g/mol. The molecule has 0 bridgehead atoms. The fourth-order valence-corrected chi connectivity index (χ4v) is 2.41. The molecule has 0 aromatic carbocycles. The fraction of sp³-hybridized carbons (Fsp3) is 0.471. The van der Waals surface area contributed by atoms with Crippen molar-refractivity contribution < 1.29 is 18.3 Å².